The molecule has 17 nitrogen and oxygen atoms in total. The maximum absolute atomic E-state index is 13.0. The normalized spacial score (nSPS) is 14.4. The van der Waals surface area contributed by atoms with E-state index in [-0.39, 0.29) is 25.7 Å². The van der Waals surface area contributed by atoms with Crippen molar-refractivity contribution in [3.63, 3.8) is 0 Å². The maximum Gasteiger partial charge on any atom is 0.472 e. The zero-order valence-corrected chi connectivity index (χ0v) is 59.5. The van der Waals surface area contributed by atoms with Gasteiger partial charge in [0.15, 0.2) is 12.2 Å². The van der Waals surface area contributed by atoms with Gasteiger partial charge in [-0.05, 0) is 37.5 Å². The summed E-state index contributed by atoms with van der Waals surface area (Å²) in [5.41, 5.74) is 0. The quantitative estimate of drug-likeness (QED) is 0.0222. The molecule has 0 radical (unpaired) electrons. The minimum atomic E-state index is -4.95. The number of ether oxygens (including phenoxy) is 4. The zero-order valence-electron chi connectivity index (χ0n) is 57.7. The molecule has 0 aromatic heterocycles. The number of hydrogen-bond acceptors (Lipinski definition) is 15. The molecule has 0 aromatic carbocycles. The molecule has 0 aromatic rings. The Morgan fingerprint density at radius 2 is 0.573 bits per heavy atom. The number of rotatable bonds is 69. The third kappa shape index (κ3) is 63.2. The highest BCUT2D eigenvalue weighted by Gasteiger charge is 2.30. The first-order valence-corrected chi connectivity index (χ1v) is 39.5. The van der Waals surface area contributed by atoms with Gasteiger partial charge in [-0.2, -0.15) is 0 Å². The minimum Gasteiger partial charge on any atom is -0.462 e. The lowest BCUT2D eigenvalue weighted by atomic mass is 9.99. The summed E-state index contributed by atoms with van der Waals surface area (Å²) < 4.78 is 68.1. The molecule has 3 unspecified atom stereocenters. The summed E-state index contributed by atoms with van der Waals surface area (Å²) in [5.74, 6) is -0.571. The molecule has 89 heavy (non-hydrogen) atoms. The largest absolute Gasteiger partial charge is 0.472 e. The van der Waals surface area contributed by atoms with Gasteiger partial charge in [-0.25, -0.2) is 9.13 Å². The van der Waals surface area contributed by atoms with E-state index in [9.17, 15) is 43.2 Å². The van der Waals surface area contributed by atoms with E-state index in [0.29, 0.717) is 25.7 Å². The van der Waals surface area contributed by atoms with Crippen molar-refractivity contribution in [3.05, 3.63) is 0 Å². The molecule has 0 amide bonds. The summed E-state index contributed by atoms with van der Waals surface area (Å²) in [4.78, 5) is 72.3. The highest BCUT2D eigenvalue weighted by Crippen LogP contribution is 2.45. The fourth-order valence-corrected chi connectivity index (χ4v) is 12.1. The molecular weight excluding hydrogens is 1170 g/mol. The second-order valence-electron chi connectivity index (χ2n) is 26.0. The van der Waals surface area contributed by atoms with Gasteiger partial charge < -0.3 is 33.8 Å². The molecule has 0 saturated heterocycles. The number of esters is 4. The highest BCUT2D eigenvalue weighted by molar-refractivity contribution is 7.47. The van der Waals surface area contributed by atoms with Crippen LogP contribution >= 0.6 is 15.6 Å². The summed E-state index contributed by atoms with van der Waals surface area (Å²) in [6, 6.07) is 0. The Balaban J connectivity index is 5.16. The van der Waals surface area contributed by atoms with Crippen LogP contribution in [0, 0.1) is 11.8 Å². The van der Waals surface area contributed by atoms with Gasteiger partial charge in [0.2, 0.25) is 0 Å². The average molecular weight is 1310 g/mol. The minimum absolute atomic E-state index is 0.104. The van der Waals surface area contributed by atoms with Gasteiger partial charge in [0.25, 0.3) is 0 Å². The Hall–Kier alpha value is -1.94. The fraction of sp³-hybridized carbons (Fsp3) is 0.943. The van der Waals surface area contributed by atoms with Crippen LogP contribution < -0.4 is 0 Å². The van der Waals surface area contributed by atoms with E-state index in [2.05, 4.69) is 41.5 Å². The number of phosphoric acid groups is 2. The smallest absolute Gasteiger partial charge is 0.462 e. The first-order chi connectivity index (χ1) is 42.9. The Bertz CT molecular complexity index is 1740. The van der Waals surface area contributed by atoms with Gasteiger partial charge in [0.1, 0.15) is 19.3 Å². The fourth-order valence-electron chi connectivity index (χ4n) is 10.6. The van der Waals surface area contributed by atoms with Crippen molar-refractivity contribution in [1.29, 1.82) is 0 Å². The van der Waals surface area contributed by atoms with E-state index >= 15 is 0 Å². The lowest BCUT2D eigenvalue weighted by Crippen LogP contribution is -2.30. The molecule has 528 valence electrons. The van der Waals surface area contributed by atoms with Crippen LogP contribution in [0.2, 0.25) is 0 Å². The third-order valence-corrected chi connectivity index (χ3v) is 18.5. The van der Waals surface area contributed by atoms with Crippen LogP contribution in [0.3, 0.4) is 0 Å². The molecule has 0 fully saturated rings. The van der Waals surface area contributed by atoms with Crippen LogP contribution in [-0.4, -0.2) is 96.7 Å². The molecule has 0 saturated carbocycles. The topological polar surface area (TPSA) is 237 Å². The summed E-state index contributed by atoms with van der Waals surface area (Å²) in [5, 5.41) is 10.6. The van der Waals surface area contributed by atoms with E-state index in [1.54, 1.807) is 0 Å². The van der Waals surface area contributed by atoms with Gasteiger partial charge in [0, 0.05) is 25.7 Å². The summed E-state index contributed by atoms with van der Waals surface area (Å²) >= 11 is 0. The van der Waals surface area contributed by atoms with Crippen molar-refractivity contribution in [2.45, 2.75) is 374 Å². The molecular formula is C70H136O17P2. The Morgan fingerprint density at radius 1 is 0.326 bits per heavy atom. The van der Waals surface area contributed by atoms with E-state index in [4.69, 9.17) is 37.0 Å². The van der Waals surface area contributed by atoms with Gasteiger partial charge in [-0.3, -0.25) is 37.3 Å². The van der Waals surface area contributed by atoms with Gasteiger partial charge in [0.05, 0.1) is 26.4 Å². The Labute approximate surface area is 543 Å². The number of aliphatic hydroxyl groups is 1. The molecule has 0 aliphatic rings. The predicted molar refractivity (Wildman–Crippen MR) is 358 cm³/mol. The molecule has 3 N–H and O–H groups in total. The standard InChI is InChI=1S/C70H136O17P2/c1-7-10-12-14-15-16-17-18-19-23-26-29-35-41-47-53-68(73)81-59-66(87-69(74)54-48-42-36-30-27-24-21-20-22-25-28-34-40-45-51-63(6)9-3)61-85-89(78,79)83-57-64(71)56-82-88(76,77)84-60-65(58-80-67(72)52-46-38-13-11-8-2)86-70(75)55-49-43-37-32-31-33-39-44-50-62(4)5/h62-66,71H,7-61H2,1-6H3,(H,76,77)(H,78,79)/t63?,64-,65+,66+/m0/s1. The van der Waals surface area contributed by atoms with Crippen LogP contribution in [0.15, 0.2) is 0 Å². The zero-order chi connectivity index (χ0) is 65.7. The molecule has 0 aliphatic carbocycles. The molecule has 0 rings (SSSR count). The summed E-state index contributed by atoms with van der Waals surface area (Å²) in [6.45, 7) is 9.47. The third-order valence-electron chi connectivity index (χ3n) is 16.6. The first kappa shape index (κ1) is 87.1. The van der Waals surface area contributed by atoms with Crippen LogP contribution in [0.4, 0.5) is 0 Å². The Kier molecular flexibility index (Phi) is 60.8. The van der Waals surface area contributed by atoms with Crippen molar-refractivity contribution >= 4 is 39.5 Å². The number of carbonyl (C=O) groups excluding carboxylic acids is 4. The first-order valence-electron chi connectivity index (χ1n) is 36.5. The van der Waals surface area contributed by atoms with E-state index < -0.39 is 97.5 Å². The molecule has 0 aliphatic heterocycles. The van der Waals surface area contributed by atoms with Crippen molar-refractivity contribution in [1.82, 2.24) is 0 Å². The van der Waals surface area contributed by atoms with Crippen molar-refractivity contribution in [2.24, 2.45) is 11.8 Å². The van der Waals surface area contributed by atoms with Crippen molar-refractivity contribution < 1.29 is 80.2 Å². The van der Waals surface area contributed by atoms with E-state index in [0.717, 1.165) is 108 Å². The number of aliphatic hydroxyl groups excluding tert-OH is 1. The summed E-state index contributed by atoms with van der Waals surface area (Å²) in [6.07, 6.45) is 47.6. The van der Waals surface area contributed by atoms with Crippen LogP contribution in [0.25, 0.3) is 0 Å². The number of carbonyl (C=O) groups is 4. The SMILES string of the molecule is CCCCCCCCCCCCCCCCCC(=O)OC[C@H](COP(=O)(O)OC[C@@H](O)COP(=O)(O)OC[C@@H](COC(=O)CCCCCCC)OC(=O)CCCCCCCCCCC(C)C)OC(=O)CCCCCCCCCCCCCCCCC(C)CC. The lowest BCUT2D eigenvalue weighted by Gasteiger charge is -2.21. The van der Waals surface area contributed by atoms with Crippen LogP contribution in [0.1, 0.15) is 356 Å². The highest BCUT2D eigenvalue weighted by atomic mass is 31.2. The van der Waals surface area contributed by atoms with Crippen LogP contribution in [0.5, 0.6) is 0 Å². The second-order valence-corrected chi connectivity index (χ2v) is 28.9. The predicted octanol–water partition coefficient (Wildman–Crippen LogP) is 20.0. The molecule has 0 spiro atoms. The Morgan fingerprint density at radius 3 is 0.854 bits per heavy atom. The monoisotopic (exact) mass is 1310 g/mol. The van der Waals surface area contributed by atoms with Crippen molar-refractivity contribution in [3.8, 4) is 0 Å². The van der Waals surface area contributed by atoms with Gasteiger partial charge >= 0.3 is 39.5 Å². The molecule has 0 bridgehead atoms. The lowest BCUT2D eigenvalue weighted by molar-refractivity contribution is -0.161. The number of unbranched alkanes of at least 4 members (excludes halogenated alkanes) is 38. The molecule has 19 heteroatoms. The summed E-state index contributed by atoms with van der Waals surface area (Å²) in [7, 11) is -9.89. The van der Waals surface area contributed by atoms with E-state index in [1.165, 1.54) is 167 Å². The number of hydrogen-bond donors (Lipinski definition) is 3. The second kappa shape index (κ2) is 62.2. The van der Waals surface area contributed by atoms with Gasteiger partial charge in [-0.1, -0.05) is 305 Å². The average Bonchev–Trinajstić information content (AvgIpc) is 3.53. The van der Waals surface area contributed by atoms with Gasteiger partial charge in [-0.15, -0.1) is 0 Å². The molecule has 0 heterocycles. The number of phosphoric ester groups is 2. The van der Waals surface area contributed by atoms with Crippen LogP contribution in [-0.2, 0) is 65.4 Å². The van der Waals surface area contributed by atoms with E-state index in [1.807, 2.05) is 0 Å². The maximum atomic E-state index is 13.0. The molecule has 6 atom stereocenters. The van der Waals surface area contributed by atoms with Crippen molar-refractivity contribution in [2.75, 3.05) is 39.6 Å².